The van der Waals surface area contributed by atoms with E-state index in [0.717, 1.165) is 31.6 Å². The number of anilines is 1. The van der Waals surface area contributed by atoms with Crippen molar-refractivity contribution in [3.8, 4) is 5.69 Å². The SMILES string of the molecule is CCOC(=O)c1cnn(-c2ccccc2)c1NC(=O)CN1CCC(c2nc(C)no2)CC1. The monoisotopic (exact) mass is 438 g/mol. The molecule has 4 rings (SSSR count). The van der Waals surface area contributed by atoms with Gasteiger partial charge in [-0.05, 0) is 51.9 Å². The standard InChI is InChI=1S/C22H26N6O4/c1-3-31-22(30)18-13-23-28(17-7-5-4-6-8-17)20(18)25-19(29)14-27-11-9-16(10-12-27)21-24-15(2)26-32-21/h4-8,13,16H,3,9-12,14H2,1-2H3,(H,25,29). The van der Waals surface area contributed by atoms with Gasteiger partial charge in [0, 0.05) is 5.92 Å². The third kappa shape index (κ3) is 4.86. The first-order valence-corrected chi connectivity index (χ1v) is 10.7. The van der Waals surface area contributed by atoms with Gasteiger partial charge in [-0.1, -0.05) is 23.4 Å². The molecule has 1 aliphatic heterocycles. The van der Waals surface area contributed by atoms with E-state index in [1.54, 1.807) is 13.8 Å². The maximum absolute atomic E-state index is 12.9. The van der Waals surface area contributed by atoms with Crippen molar-refractivity contribution in [2.45, 2.75) is 32.6 Å². The quantitative estimate of drug-likeness (QED) is 0.560. The van der Waals surface area contributed by atoms with Crippen LogP contribution in [0.3, 0.4) is 0 Å². The second kappa shape index (κ2) is 9.73. The summed E-state index contributed by atoms with van der Waals surface area (Å²) < 4.78 is 12.0. The van der Waals surface area contributed by atoms with E-state index in [2.05, 4.69) is 25.5 Å². The van der Waals surface area contributed by atoms with Crippen LogP contribution in [0, 0.1) is 6.92 Å². The molecule has 1 aromatic carbocycles. The van der Waals surface area contributed by atoms with Crippen molar-refractivity contribution in [3.63, 3.8) is 0 Å². The van der Waals surface area contributed by atoms with E-state index in [1.165, 1.54) is 10.9 Å². The fourth-order valence-electron chi connectivity index (χ4n) is 3.78. The number of hydrogen-bond acceptors (Lipinski definition) is 8. The van der Waals surface area contributed by atoms with E-state index in [4.69, 9.17) is 9.26 Å². The van der Waals surface area contributed by atoms with Crippen LogP contribution in [0.15, 0.2) is 41.1 Å². The van der Waals surface area contributed by atoms with Crippen LogP contribution in [0.1, 0.15) is 47.8 Å². The third-order valence-electron chi connectivity index (χ3n) is 5.37. The first-order chi connectivity index (χ1) is 15.5. The number of aryl methyl sites for hydroxylation is 1. The molecule has 0 atom stereocenters. The highest BCUT2D eigenvalue weighted by atomic mass is 16.5. The molecule has 1 aliphatic rings. The molecule has 32 heavy (non-hydrogen) atoms. The van der Waals surface area contributed by atoms with Crippen molar-refractivity contribution in [1.82, 2.24) is 24.8 Å². The number of carbonyl (C=O) groups is 2. The Kier molecular flexibility index (Phi) is 6.60. The molecule has 0 aliphatic carbocycles. The van der Waals surface area contributed by atoms with E-state index in [-0.39, 0.29) is 30.5 Å². The maximum Gasteiger partial charge on any atom is 0.343 e. The van der Waals surface area contributed by atoms with Gasteiger partial charge < -0.3 is 14.6 Å². The molecule has 2 aromatic heterocycles. The number of nitrogens with one attached hydrogen (secondary N) is 1. The number of hydrogen-bond donors (Lipinski definition) is 1. The highest BCUT2D eigenvalue weighted by Crippen LogP contribution is 2.27. The fraction of sp³-hybridized carbons (Fsp3) is 0.409. The Bertz CT molecular complexity index is 1070. The number of nitrogens with zero attached hydrogens (tertiary/aromatic N) is 5. The Balaban J connectivity index is 1.43. The summed E-state index contributed by atoms with van der Waals surface area (Å²) in [7, 11) is 0. The zero-order chi connectivity index (χ0) is 22.5. The minimum atomic E-state index is -0.527. The molecule has 0 radical (unpaired) electrons. The number of aromatic nitrogens is 4. The molecule has 1 fully saturated rings. The van der Waals surface area contributed by atoms with Gasteiger partial charge in [-0.3, -0.25) is 9.69 Å². The van der Waals surface area contributed by atoms with Gasteiger partial charge in [0.2, 0.25) is 11.8 Å². The van der Waals surface area contributed by atoms with E-state index < -0.39 is 5.97 Å². The molecule has 10 heteroatoms. The van der Waals surface area contributed by atoms with Crippen molar-refractivity contribution < 1.29 is 18.8 Å². The number of ether oxygens (including phenoxy) is 1. The number of esters is 1. The van der Waals surface area contributed by atoms with Gasteiger partial charge in [0.1, 0.15) is 5.56 Å². The van der Waals surface area contributed by atoms with Crippen LogP contribution in [0.4, 0.5) is 5.82 Å². The maximum atomic E-state index is 12.9. The Morgan fingerprint density at radius 2 is 1.97 bits per heavy atom. The molecule has 0 saturated carbocycles. The molecule has 1 N–H and O–H groups in total. The predicted molar refractivity (Wildman–Crippen MR) is 116 cm³/mol. The lowest BCUT2D eigenvalue weighted by Gasteiger charge is -2.29. The van der Waals surface area contributed by atoms with Crippen molar-refractivity contribution in [3.05, 3.63) is 53.8 Å². The summed E-state index contributed by atoms with van der Waals surface area (Å²) in [6.45, 7) is 5.45. The molecule has 3 heterocycles. The van der Waals surface area contributed by atoms with Crippen LogP contribution in [-0.2, 0) is 9.53 Å². The summed E-state index contributed by atoms with van der Waals surface area (Å²) in [5.41, 5.74) is 0.948. The van der Waals surface area contributed by atoms with Crippen LogP contribution in [0.5, 0.6) is 0 Å². The summed E-state index contributed by atoms with van der Waals surface area (Å²) in [6, 6.07) is 9.31. The normalized spacial score (nSPS) is 14.9. The third-order valence-corrected chi connectivity index (χ3v) is 5.37. The summed E-state index contributed by atoms with van der Waals surface area (Å²) in [6.07, 6.45) is 3.09. The van der Waals surface area contributed by atoms with Crippen LogP contribution in [-0.4, -0.2) is 62.9 Å². The molecule has 0 bridgehead atoms. The Morgan fingerprint density at radius 3 is 2.62 bits per heavy atom. The number of carbonyl (C=O) groups excluding carboxylic acids is 2. The fourth-order valence-corrected chi connectivity index (χ4v) is 3.78. The lowest BCUT2D eigenvalue weighted by Crippen LogP contribution is -2.39. The minimum Gasteiger partial charge on any atom is -0.462 e. The Labute approximate surface area is 185 Å². The van der Waals surface area contributed by atoms with Crippen LogP contribution in [0.2, 0.25) is 0 Å². The second-order valence-corrected chi connectivity index (χ2v) is 7.65. The van der Waals surface area contributed by atoms with Gasteiger partial charge in [0.15, 0.2) is 11.6 Å². The van der Waals surface area contributed by atoms with E-state index >= 15 is 0 Å². The van der Waals surface area contributed by atoms with E-state index in [0.29, 0.717) is 17.5 Å². The Morgan fingerprint density at radius 1 is 1.22 bits per heavy atom. The molecule has 168 valence electrons. The molecule has 1 saturated heterocycles. The van der Waals surface area contributed by atoms with Gasteiger partial charge in [0.25, 0.3) is 0 Å². The Hall–Kier alpha value is -3.53. The summed E-state index contributed by atoms with van der Waals surface area (Å²) >= 11 is 0. The second-order valence-electron chi connectivity index (χ2n) is 7.65. The van der Waals surface area contributed by atoms with Crippen molar-refractivity contribution in [1.29, 1.82) is 0 Å². The average molecular weight is 438 g/mol. The lowest BCUT2D eigenvalue weighted by molar-refractivity contribution is -0.117. The number of amides is 1. The van der Waals surface area contributed by atoms with E-state index in [1.807, 2.05) is 30.3 Å². The highest BCUT2D eigenvalue weighted by Gasteiger charge is 2.27. The largest absolute Gasteiger partial charge is 0.462 e. The average Bonchev–Trinajstić information content (AvgIpc) is 3.41. The van der Waals surface area contributed by atoms with Gasteiger partial charge in [0.05, 0.1) is 25.0 Å². The topological polar surface area (TPSA) is 115 Å². The van der Waals surface area contributed by atoms with Crippen LogP contribution in [0.25, 0.3) is 5.69 Å². The predicted octanol–water partition coefficient (Wildman–Crippen LogP) is 2.56. The van der Waals surface area contributed by atoms with Crippen molar-refractivity contribution in [2.75, 3.05) is 31.6 Å². The molecule has 0 spiro atoms. The van der Waals surface area contributed by atoms with Crippen LogP contribution < -0.4 is 5.32 Å². The molecular formula is C22H26N6O4. The molecular weight excluding hydrogens is 412 g/mol. The zero-order valence-corrected chi connectivity index (χ0v) is 18.2. The van der Waals surface area contributed by atoms with Crippen molar-refractivity contribution in [2.24, 2.45) is 0 Å². The first-order valence-electron chi connectivity index (χ1n) is 10.7. The highest BCUT2D eigenvalue weighted by molar-refractivity contribution is 6.01. The number of likely N-dealkylation sites (tertiary alicyclic amines) is 1. The van der Waals surface area contributed by atoms with E-state index in [9.17, 15) is 9.59 Å². The van der Waals surface area contributed by atoms with Gasteiger partial charge in [-0.2, -0.15) is 10.1 Å². The minimum absolute atomic E-state index is 0.206. The molecule has 10 nitrogen and oxygen atoms in total. The first kappa shape index (κ1) is 21.7. The van der Waals surface area contributed by atoms with Gasteiger partial charge in [-0.15, -0.1) is 0 Å². The zero-order valence-electron chi connectivity index (χ0n) is 18.2. The summed E-state index contributed by atoms with van der Waals surface area (Å²) in [5.74, 6) is 1.06. The lowest BCUT2D eigenvalue weighted by atomic mass is 9.97. The molecule has 0 unspecified atom stereocenters. The number of rotatable bonds is 7. The number of para-hydroxylation sites is 1. The number of benzene rings is 1. The van der Waals surface area contributed by atoms with Gasteiger partial charge in [-0.25, -0.2) is 9.48 Å². The molecule has 3 aromatic rings. The van der Waals surface area contributed by atoms with Gasteiger partial charge >= 0.3 is 5.97 Å². The summed E-state index contributed by atoms with van der Waals surface area (Å²) in [4.78, 5) is 31.7. The molecule has 1 amide bonds. The van der Waals surface area contributed by atoms with Crippen LogP contribution >= 0.6 is 0 Å². The summed E-state index contributed by atoms with van der Waals surface area (Å²) in [5, 5.41) is 11.0. The number of piperidine rings is 1. The smallest absolute Gasteiger partial charge is 0.343 e. The van der Waals surface area contributed by atoms with Crippen molar-refractivity contribution >= 4 is 17.7 Å².